The molecule has 0 aromatic carbocycles. The molecule has 0 aromatic rings. The second kappa shape index (κ2) is 3.83. The van der Waals surface area contributed by atoms with E-state index in [-0.39, 0.29) is 5.78 Å². The summed E-state index contributed by atoms with van der Waals surface area (Å²) >= 11 is 0. The Morgan fingerprint density at radius 1 is 1.33 bits per heavy atom. The van der Waals surface area contributed by atoms with Crippen LogP contribution in [-0.4, -0.2) is 23.0 Å². The van der Waals surface area contributed by atoms with Gasteiger partial charge >= 0.3 is 6.09 Å². The minimum Gasteiger partial charge on any atom is -0.444 e. The highest BCUT2D eigenvalue weighted by atomic mass is 16.6. The molecule has 86 valence electrons. The van der Waals surface area contributed by atoms with Crippen LogP contribution in [0.5, 0.6) is 0 Å². The largest absolute Gasteiger partial charge is 0.444 e. The van der Waals surface area contributed by atoms with Crippen molar-refractivity contribution in [2.24, 2.45) is 0 Å². The molecule has 4 nitrogen and oxygen atoms in total. The molecule has 0 saturated heterocycles. The molecule has 1 amide bonds. The number of nitrogens with one attached hydrogen (secondary N) is 1. The van der Waals surface area contributed by atoms with E-state index in [9.17, 15) is 9.59 Å². The van der Waals surface area contributed by atoms with E-state index in [1.807, 2.05) is 0 Å². The molecule has 0 spiro atoms. The maximum atomic E-state index is 11.5. The molecule has 0 radical (unpaired) electrons. The van der Waals surface area contributed by atoms with Crippen LogP contribution >= 0.6 is 0 Å². The lowest BCUT2D eigenvalue weighted by Crippen LogP contribution is -2.45. The number of amides is 1. The molecule has 0 heterocycles. The maximum Gasteiger partial charge on any atom is 0.408 e. The number of Topliss-reactive ketones (excluding diaryl/α,β-unsaturated/α-hetero) is 1. The van der Waals surface area contributed by atoms with Crippen LogP contribution in [0.1, 0.15) is 47.0 Å². The zero-order chi connectivity index (χ0) is 11.7. The van der Waals surface area contributed by atoms with Gasteiger partial charge in [0.15, 0.2) is 5.78 Å². The molecular formula is C11H19NO3. The molecule has 0 aliphatic heterocycles. The number of carbonyl (C=O) groups is 2. The lowest BCUT2D eigenvalue weighted by atomic mass is 10.1. The highest BCUT2D eigenvalue weighted by Crippen LogP contribution is 2.37. The summed E-state index contributed by atoms with van der Waals surface area (Å²) in [4.78, 5) is 23.0. The summed E-state index contributed by atoms with van der Waals surface area (Å²) in [6, 6.07) is 0. The Labute approximate surface area is 90.4 Å². The van der Waals surface area contributed by atoms with E-state index in [1.165, 1.54) is 0 Å². The van der Waals surface area contributed by atoms with Crippen molar-refractivity contribution in [3.8, 4) is 0 Å². The summed E-state index contributed by atoms with van der Waals surface area (Å²) in [5.41, 5.74) is -1.13. The van der Waals surface area contributed by atoms with Crippen molar-refractivity contribution in [2.75, 3.05) is 0 Å². The van der Waals surface area contributed by atoms with Gasteiger partial charge in [-0.1, -0.05) is 6.92 Å². The van der Waals surface area contributed by atoms with Gasteiger partial charge < -0.3 is 10.1 Å². The summed E-state index contributed by atoms with van der Waals surface area (Å²) in [5.74, 6) is 0.0911. The van der Waals surface area contributed by atoms with Gasteiger partial charge in [0.05, 0.1) is 0 Å². The zero-order valence-corrected chi connectivity index (χ0v) is 9.85. The molecule has 4 heteroatoms. The third kappa shape index (κ3) is 3.22. The SMILES string of the molecule is CCC(=O)C1(NC(=O)OC(C)(C)C)CC1. The van der Waals surface area contributed by atoms with Gasteiger partial charge in [0.2, 0.25) is 0 Å². The fourth-order valence-corrected chi connectivity index (χ4v) is 1.44. The fraction of sp³-hybridized carbons (Fsp3) is 0.818. The van der Waals surface area contributed by atoms with Gasteiger partial charge in [-0.05, 0) is 33.6 Å². The number of hydrogen-bond acceptors (Lipinski definition) is 3. The van der Waals surface area contributed by atoms with Crippen molar-refractivity contribution < 1.29 is 14.3 Å². The molecular weight excluding hydrogens is 194 g/mol. The lowest BCUT2D eigenvalue weighted by Gasteiger charge is -2.22. The third-order valence-corrected chi connectivity index (χ3v) is 2.35. The average Bonchev–Trinajstić information content (AvgIpc) is 2.80. The Balaban J connectivity index is 2.49. The molecule has 0 bridgehead atoms. The molecule has 1 aliphatic rings. The number of alkyl carbamates (subject to hydrolysis) is 1. The van der Waals surface area contributed by atoms with Crippen LogP contribution < -0.4 is 5.32 Å². The zero-order valence-electron chi connectivity index (χ0n) is 9.85. The summed E-state index contributed by atoms with van der Waals surface area (Å²) in [5, 5.41) is 2.66. The van der Waals surface area contributed by atoms with Crippen LogP contribution in [0.3, 0.4) is 0 Å². The quantitative estimate of drug-likeness (QED) is 0.780. The van der Waals surface area contributed by atoms with Crippen LogP contribution in [0.15, 0.2) is 0 Å². The Morgan fingerprint density at radius 2 is 1.87 bits per heavy atom. The normalized spacial score (nSPS) is 18.1. The molecule has 0 atom stereocenters. The topological polar surface area (TPSA) is 55.4 Å². The van der Waals surface area contributed by atoms with Crippen LogP contribution in [0, 0.1) is 0 Å². The highest BCUT2D eigenvalue weighted by Gasteiger charge is 2.50. The van der Waals surface area contributed by atoms with Gasteiger partial charge in [-0.15, -0.1) is 0 Å². The third-order valence-electron chi connectivity index (χ3n) is 2.35. The molecule has 0 unspecified atom stereocenters. The van der Waals surface area contributed by atoms with Gasteiger partial charge in [0.1, 0.15) is 11.1 Å². The Bertz CT molecular complexity index is 274. The predicted octanol–water partition coefficient (Wildman–Crippen LogP) is 2.02. The second-order valence-electron chi connectivity index (χ2n) is 4.99. The van der Waals surface area contributed by atoms with Crippen molar-refractivity contribution in [1.29, 1.82) is 0 Å². The highest BCUT2D eigenvalue weighted by molar-refractivity contribution is 5.94. The van der Waals surface area contributed by atoms with Crippen molar-refractivity contribution in [1.82, 2.24) is 5.32 Å². The van der Waals surface area contributed by atoms with E-state index in [1.54, 1.807) is 27.7 Å². The minimum absolute atomic E-state index is 0.0911. The summed E-state index contributed by atoms with van der Waals surface area (Å²) in [7, 11) is 0. The minimum atomic E-state index is -0.614. The lowest BCUT2D eigenvalue weighted by molar-refractivity contribution is -0.121. The van der Waals surface area contributed by atoms with E-state index in [4.69, 9.17) is 4.74 Å². The van der Waals surface area contributed by atoms with E-state index in [0.29, 0.717) is 6.42 Å². The first-order valence-corrected chi connectivity index (χ1v) is 5.33. The van der Waals surface area contributed by atoms with E-state index >= 15 is 0 Å². The van der Waals surface area contributed by atoms with Gasteiger partial charge in [0, 0.05) is 6.42 Å². The smallest absolute Gasteiger partial charge is 0.408 e. The van der Waals surface area contributed by atoms with Crippen molar-refractivity contribution in [3.63, 3.8) is 0 Å². The number of carbonyl (C=O) groups excluding carboxylic acids is 2. The van der Waals surface area contributed by atoms with Gasteiger partial charge in [-0.25, -0.2) is 4.79 Å². The Morgan fingerprint density at radius 3 is 2.20 bits per heavy atom. The predicted molar refractivity (Wildman–Crippen MR) is 56.6 cm³/mol. The average molecular weight is 213 g/mol. The first-order valence-electron chi connectivity index (χ1n) is 5.33. The molecule has 0 aromatic heterocycles. The Hall–Kier alpha value is -1.06. The van der Waals surface area contributed by atoms with Crippen LogP contribution in [0.25, 0.3) is 0 Å². The monoisotopic (exact) mass is 213 g/mol. The number of ketones is 1. The maximum absolute atomic E-state index is 11.5. The number of hydrogen-bond donors (Lipinski definition) is 1. The number of rotatable bonds is 3. The molecule has 1 aliphatic carbocycles. The van der Waals surface area contributed by atoms with E-state index in [2.05, 4.69) is 5.32 Å². The van der Waals surface area contributed by atoms with Crippen molar-refractivity contribution in [3.05, 3.63) is 0 Å². The number of ether oxygens (including phenoxy) is 1. The van der Waals surface area contributed by atoms with Gasteiger partial charge in [-0.2, -0.15) is 0 Å². The summed E-state index contributed by atoms with van der Waals surface area (Å²) in [6.07, 6.45) is 1.43. The first kappa shape index (κ1) is 12.0. The van der Waals surface area contributed by atoms with Crippen LogP contribution in [0.2, 0.25) is 0 Å². The van der Waals surface area contributed by atoms with Gasteiger partial charge in [-0.3, -0.25) is 4.79 Å². The molecule has 1 N–H and O–H groups in total. The van der Waals surface area contributed by atoms with Crippen LogP contribution in [0.4, 0.5) is 4.79 Å². The van der Waals surface area contributed by atoms with Crippen LogP contribution in [-0.2, 0) is 9.53 Å². The van der Waals surface area contributed by atoms with Crippen molar-refractivity contribution >= 4 is 11.9 Å². The van der Waals surface area contributed by atoms with Crippen molar-refractivity contribution in [2.45, 2.75) is 58.1 Å². The summed E-state index contributed by atoms with van der Waals surface area (Å²) in [6.45, 7) is 7.20. The molecule has 1 saturated carbocycles. The molecule has 15 heavy (non-hydrogen) atoms. The second-order valence-corrected chi connectivity index (χ2v) is 4.99. The van der Waals surface area contributed by atoms with Gasteiger partial charge in [0.25, 0.3) is 0 Å². The van der Waals surface area contributed by atoms with E-state index < -0.39 is 17.2 Å². The molecule has 1 rings (SSSR count). The standard InChI is InChI=1S/C11H19NO3/c1-5-8(13)11(6-7-11)12-9(14)15-10(2,3)4/h5-7H2,1-4H3,(H,12,14). The summed E-state index contributed by atoms with van der Waals surface area (Å²) < 4.78 is 5.11. The first-order chi connectivity index (χ1) is 6.79. The fourth-order valence-electron chi connectivity index (χ4n) is 1.44. The van der Waals surface area contributed by atoms with E-state index in [0.717, 1.165) is 12.8 Å². The Kier molecular flexibility index (Phi) is 3.07. The molecule has 1 fully saturated rings.